The van der Waals surface area contributed by atoms with E-state index in [0.29, 0.717) is 5.70 Å². The van der Waals surface area contributed by atoms with Gasteiger partial charge in [0.1, 0.15) is 0 Å². The monoisotopic (exact) mass is 241 g/mol. The van der Waals surface area contributed by atoms with Crippen molar-refractivity contribution in [1.29, 1.82) is 0 Å². The van der Waals surface area contributed by atoms with Crippen LogP contribution in [-0.4, -0.2) is 33.5 Å². The number of hydrogen-bond donors (Lipinski definition) is 3. The van der Waals surface area contributed by atoms with Crippen LogP contribution >= 0.6 is 0 Å². The van der Waals surface area contributed by atoms with E-state index in [0.717, 1.165) is 18.0 Å². The Hall–Kier alpha value is -1.03. The molecule has 0 aromatic carbocycles. The summed E-state index contributed by atoms with van der Waals surface area (Å²) in [4.78, 5) is 10.2. The summed E-state index contributed by atoms with van der Waals surface area (Å²) in [5.74, 6) is 0. The zero-order chi connectivity index (χ0) is 13.1. The molecule has 100 valence electrons. The molecule has 0 heterocycles. The highest BCUT2D eigenvalue weighted by Gasteiger charge is 2.09. The molecule has 1 fully saturated rings. The lowest BCUT2D eigenvalue weighted by atomic mass is 9.96. The highest BCUT2D eigenvalue weighted by Crippen LogP contribution is 2.16. The zero-order valence-corrected chi connectivity index (χ0v) is 11.6. The van der Waals surface area contributed by atoms with Crippen molar-refractivity contribution in [1.82, 2.24) is 16.0 Å². The normalized spacial score (nSPS) is 17.4. The molecule has 0 aromatic heterocycles. The Kier molecular flexibility index (Phi) is 9.53. The van der Waals surface area contributed by atoms with Gasteiger partial charge in [-0.2, -0.15) is 0 Å². The van der Waals surface area contributed by atoms with Gasteiger partial charge in [0, 0.05) is 25.8 Å². The van der Waals surface area contributed by atoms with Crippen LogP contribution in [0.1, 0.15) is 39.0 Å². The molecule has 1 aliphatic rings. The van der Waals surface area contributed by atoms with E-state index in [1.807, 2.05) is 6.92 Å². The molecule has 3 N–H and O–H groups in total. The van der Waals surface area contributed by atoms with Crippen LogP contribution in [0.4, 0.5) is 0 Å². The van der Waals surface area contributed by atoms with Crippen molar-refractivity contribution in [2.45, 2.75) is 45.1 Å². The largest absolute Gasteiger partial charge is 0.390 e. The second kappa shape index (κ2) is 10.1. The maximum Gasteiger partial charge on any atom is 0.167 e. The predicted octanol–water partition coefficient (Wildman–Crippen LogP) is 1.39. The second-order valence-corrected chi connectivity index (χ2v) is 4.28. The van der Waals surface area contributed by atoms with Gasteiger partial charge in [-0.05, 0) is 26.8 Å². The topological polar surface area (TPSA) is 53.2 Å². The van der Waals surface area contributed by atoms with Gasteiger partial charge in [-0.25, -0.2) is 0 Å². The first-order valence-corrected chi connectivity index (χ1v) is 6.38. The predicted molar refractivity (Wildman–Crippen MR) is 72.8 cm³/mol. The molecule has 0 spiro atoms. The van der Waals surface area contributed by atoms with Crippen LogP contribution in [0.3, 0.4) is 0 Å². The Balaban J connectivity index is 0.000000302. The van der Waals surface area contributed by atoms with E-state index in [9.17, 15) is 4.79 Å². The van der Waals surface area contributed by atoms with Crippen LogP contribution in [0, 0.1) is 0 Å². The molecular formula is C13H27N3O. The molecule has 17 heavy (non-hydrogen) atoms. The zero-order valence-electron chi connectivity index (χ0n) is 11.6. The Labute approximate surface area is 105 Å². The van der Waals surface area contributed by atoms with Crippen LogP contribution in [-0.2, 0) is 4.79 Å². The van der Waals surface area contributed by atoms with Crippen molar-refractivity contribution in [2.24, 2.45) is 0 Å². The van der Waals surface area contributed by atoms with E-state index in [4.69, 9.17) is 0 Å². The van der Waals surface area contributed by atoms with Crippen molar-refractivity contribution in [3.63, 3.8) is 0 Å². The number of aldehydes is 1. The fourth-order valence-corrected chi connectivity index (χ4v) is 1.86. The second-order valence-electron chi connectivity index (χ2n) is 4.28. The molecule has 4 heteroatoms. The summed E-state index contributed by atoms with van der Waals surface area (Å²) in [6.07, 6.45) is 7.91. The van der Waals surface area contributed by atoms with E-state index in [2.05, 4.69) is 23.0 Å². The third-order valence-corrected chi connectivity index (χ3v) is 3.18. The van der Waals surface area contributed by atoms with Gasteiger partial charge in [0.05, 0.1) is 5.70 Å². The molecule has 0 unspecified atom stereocenters. The number of rotatable bonds is 4. The van der Waals surface area contributed by atoms with E-state index >= 15 is 0 Å². The first-order valence-electron chi connectivity index (χ1n) is 6.38. The van der Waals surface area contributed by atoms with E-state index in [1.54, 1.807) is 14.1 Å². The lowest BCUT2D eigenvalue weighted by Crippen LogP contribution is -2.26. The summed E-state index contributed by atoms with van der Waals surface area (Å²) in [5.41, 5.74) is 1.45. The average molecular weight is 241 g/mol. The van der Waals surface area contributed by atoms with Crippen molar-refractivity contribution in [3.05, 3.63) is 11.4 Å². The molecule has 0 aliphatic heterocycles. The molecule has 4 nitrogen and oxygen atoms in total. The Bertz CT molecular complexity index is 233. The van der Waals surface area contributed by atoms with Crippen LogP contribution < -0.4 is 16.0 Å². The van der Waals surface area contributed by atoms with Crippen LogP contribution in [0.25, 0.3) is 0 Å². The SMILES string of the molecule is CN/C(C)=C(\C=O)NC.CNC1CCCCC1. The summed E-state index contributed by atoms with van der Waals surface area (Å²) in [7, 11) is 5.55. The Morgan fingerprint density at radius 3 is 1.88 bits per heavy atom. The van der Waals surface area contributed by atoms with Crippen LogP contribution in [0.5, 0.6) is 0 Å². The number of hydrogen-bond acceptors (Lipinski definition) is 4. The summed E-state index contributed by atoms with van der Waals surface area (Å²) in [6.45, 7) is 1.83. The minimum atomic E-state index is 0.595. The van der Waals surface area contributed by atoms with Gasteiger partial charge in [-0.1, -0.05) is 19.3 Å². The fraction of sp³-hybridized carbons (Fsp3) is 0.769. The number of carbonyl (C=O) groups is 1. The van der Waals surface area contributed by atoms with Gasteiger partial charge in [0.15, 0.2) is 6.29 Å². The first-order chi connectivity index (χ1) is 8.19. The quantitative estimate of drug-likeness (QED) is 0.514. The molecule has 0 radical (unpaired) electrons. The Morgan fingerprint density at radius 2 is 1.65 bits per heavy atom. The van der Waals surface area contributed by atoms with Gasteiger partial charge in [0.25, 0.3) is 0 Å². The molecule has 1 rings (SSSR count). The number of carbonyl (C=O) groups excluding carboxylic acids is 1. The van der Waals surface area contributed by atoms with Gasteiger partial charge < -0.3 is 16.0 Å². The molecule has 0 atom stereocenters. The van der Waals surface area contributed by atoms with Crippen molar-refractivity contribution < 1.29 is 4.79 Å². The minimum Gasteiger partial charge on any atom is -0.390 e. The number of likely N-dealkylation sites (N-methyl/N-ethyl adjacent to an activating group) is 1. The van der Waals surface area contributed by atoms with Gasteiger partial charge in [-0.3, -0.25) is 4.79 Å². The van der Waals surface area contributed by atoms with Crippen molar-refractivity contribution >= 4 is 6.29 Å². The molecule has 0 bridgehead atoms. The molecule has 1 saturated carbocycles. The molecule has 1 aliphatic carbocycles. The summed E-state index contributed by atoms with van der Waals surface area (Å²) >= 11 is 0. The summed E-state index contributed by atoms with van der Waals surface area (Å²) < 4.78 is 0. The summed E-state index contributed by atoms with van der Waals surface area (Å²) in [5, 5.41) is 8.91. The average Bonchev–Trinajstić information content (AvgIpc) is 2.41. The maximum atomic E-state index is 10.2. The third kappa shape index (κ3) is 7.00. The summed E-state index contributed by atoms with van der Waals surface area (Å²) in [6, 6.07) is 0.837. The van der Waals surface area contributed by atoms with Crippen LogP contribution in [0.2, 0.25) is 0 Å². The number of nitrogens with one attached hydrogen (secondary N) is 3. The maximum absolute atomic E-state index is 10.2. The lowest BCUT2D eigenvalue weighted by Gasteiger charge is -2.20. The lowest BCUT2D eigenvalue weighted by molar-refractivity contribution is -0.105. The third-order valence-electron chi connectivity index (χ3n) is 3.18. The highest BCUT2D eigenvalue weighted by atomic mass is 16.1. The highest BCUT2D eigenvalue weighted by molar-refractivity contribution is 5.73. The van der Waals surface area contributed by atoms with Crippen molar-refractivity contribution in [3.8, 4) is 0 Å². The number of allylic oxidation sites excluding steroid dienone is 2. The van der Waals surface area contributed by atoms with Crippen molar-refractivity contribution in [2.75, 3.05) is 21.1 Å². The van der Waals surface area contributed by atoms with Gasteiger partial charge in [-0.15, -0.1) is 0 Å². The molecule has 0 amide bonds. The Morgan fingerprint density at radius 1 is 1.06 bits per heavy atom. The van der Waals surface area contributed by atoms with Gasteiger partial charge in [0.2, 0.25) is 0 Å². The molecular weight excluding hydrogens is 214 g/mol. The van der Waals surface area contributed by atoms with E-state index in [-0.39, 0.29) is 0 Å². The van der Waals surface area contributed by atoms with Gasteiger partial charge >= 0.3 is 0 Å². The fourth-order valence-electron chi connectivity index (χ4n) is 1.86. The smallest absolute Gasteiger partial charge is 0.167 e. The molecule has 0 aromatic rings. The van der Waals surface area contributed by atoms with E-state index in [1.165, 1.54) is 32.1 Å². The van der Waals surface area contributed by atoms with E-state index < -0.39 is 0 Å². The van der Waals surface area contributed by atoms with Crippen LogP contribution in [0.15, 0.2) is 11.4 Å². The first kappa shape index (κ1) is 16.0. The standard InChI is InChI=1S/C7H15N.C6H12N2O/c1-8-7-5-3-2-4-6-7;1-5(7-2)6(4-9)8-3/h7-8H,2-6H2,1H3;4,7-8H,1-3H3/b;6-5+. The molecule has 0 saturated heterocycles. The minimum absolute atomic E-state index is 0.595.